The predicted octanol–water partition coefficient (Wildman–Crippen LogP) is 0.348. The highest BCUT2D eigenvalue weighted by molar-refractivity contribution is 7.89. The maximum Gasteiger partial charge on any atom is 0.243 e. The van der Waals surface area contributed by atoms with Gasteiger partial charge in [0.25, 0.3) is 0 Å². The monoisotopic (exact) mass is 271 g/mol. The minimum Gasteiger partial charge on any atom is -0.395 e. The second kappa shape index (κ2) is 6.65. The van der Waals surface area contributed by atoms with E-state index < -0.39 is 10.0 Å². The first-order valence-corrected chi connectivity index (χ1v) is 6.92. The molecule has 0 aliphatic carbocycles. The van der Waals surface area contributed by atoms with Gasteiger partial charge in [-0.1, -0.05) is 18.2 Å². The van der Waals surface area contributed by atoms with Crippen LogP contribution >= 0.6 is 0 Å². The molecule has 2 N–H and O–H groups in total. The van der Waals surface area contributed by atoms with Crippen molar-refractivity contribution in [3.8, 4) is 0 Å². The standard InChI is InChI=1S/C12H17NO4S/c1-2-6-13(7-8-14)18(16,17)12-5-3-4-11(9-12)10-15/h2-5,9,14-15H,1,6-8,10H2. The molecule has 1 aromatic carbocycles. The zero-order valence-corrected chi connectivity index (χ0v) is 10.8. The Labute approximate surface area is 107 Å². The first-order valence-electron chi connectivity index (χ1n) is 5.48. The Bertz CT molecular complexity index is 499. The number of nitrogens with zero attached hydrogens (tertiary/aromatic N) is 1. The predicted molar refractivity (Wildman–Crippen MR) is 68.4 cm³/mol. The Morgan fingerprint density at radius 1 is 1.33 bits per heavy atom. The fraction of sp³-hybridized carbons (Fsp3) is 0.333. The minimum absolute atomic E-state index is 0.0116. The molecule has 100 valence electrons. The SMILES string of the molecule is C=CCN(CCO)S(=O)(=O)c1cccc(CO)c1. The van der Waals surface area contributed by atoms with E-state index in [4.69, 9.17) is 10.2 Å². The quantitative estimate of drug-likeness (QED) is 0.701. The Hall–Kier alpha value is -1.21. The number of aliphatic hydroxyl groups is 2. The van der Waals surface area contributed by atoms with Crippen LogP contribution in [0.5, 0.6) is 0 Å². The van der Waals surface area contributed by atoms with Crippen molar-refractivity contribution in [3.05, 3.63) is 42.5 Å². The van der Waals surface area contributed by atoms with Crippen LogP contribution in [0.1, 0.15) is 5.56 Å². The van der Waals surface area contributed by atoms with Gasteiger partial charge in [0, 0.05) is 13.1 Å². The zero-order valence-electron chi connectivity index (χ0n) is 9.99. The maximum absolute atomic E-state index is 12.3. The third-order valence-electron chi connectivity index (χ3n) is 2.40. The summed E-state index contributed by atoms with van der Waals surface area (Å²) in [5, 5.41) is 17.9. The van der Waals surface area contributed by atoms with Crippen molar-refractivity contribution >= 4 is 10.0 Å². The number of sulfonamides is 1. The van der Waals surface area contributed by atoms with Crippen LogP contribution in [0.4, 0.5) is 0 Å². The van der Waals surface area contributed by atoms with Crippen LogP contribution in [0.15, 0.2) is 41.8 Å². The number of rotatable bonds is 7. The molecule has 18 heavy (non-hydrogen) atoms. The van der Waals surface area contributed by atoms with Crippen molar-refractivity contribution in [2.24, 2.45) is 0 Å². The molecule has 0 saturated heterocycles. The van der Waals surface area contributed by atoms with Gasteiger partial charge in [0.1, 0.15) is 0 Å². The topological polar surface area (TPSA) is 77.8 Å². The highest BCUT2D eigenvalue weighted by Gasteiger charge is 2.22. The molecule has 0 unspecified atom stereocenters. The van der Waals surface area contributed by atoms with Gasteiger partial charge in [-0.25, -0.2) is 8.42 Å². The van der Waals surface area contributed by atoms with E-state index in [0.29, 0.717) is 5.56 Å². The molecule has 0 saturated carbocycles. The zero-order chi connectivity index (χ0) is 13.6. The molecule has 0 heterocycles. The molecule has 0 bridgehead atoms. The minimum atomic E-state index is -3.67. The fourth-order valence-electron chi connectivity index (χ4n) is 1.52. The molecule has 0 amide bonds. The van der Waals surface area contributed by atoms with E-state index in [9.17, 15) is 8.42 Å². The largest absolute Gasteiger partial charge is 0.395 e. The lowest BCUT2D eigenvalue weighted by Crippen LogP contribution is -2.33. The summed E-state index contributed by atoms with van der Waals surface area (Å²) >= 11 is 0. The second-order valence-corrected chi connectivity index (χ2v) is 5.62. The first kappa shape index (κ1) is 14.8. The third-order valence-corrected chi connectivity index (χ3v) is 4.26. The van der Waals surface area contributed by atoms with E-state index in [1.807, 2.05) is 0 Å². The maximum atomic E-state index is 12.3. The Kier molecular flexibility index (Phi) is 5.49. The Morgan fingerprint density at radius 2 is 2.06 bits per heavy atom. The van der Waals surface area contributed by atoms with E-state index in [1.165, 1.54) is 18.2 Å². The van der Waals surface area contributed by atoms with Crippen LogP contribution in [0.25, 0.3) is 0 Å². The van der Waals surface area contributed by atoms with E-state index >= 15 is 0 Å². The van der Waals surface area contributed by atoms with E-state index in [2.05, 4.69) is 6.58 Å². The molecule has 6 heteroatoms. The van der Waals surface area contributed by atoms with Gasteiger partial charge in [-0.15, -0.1) is 6.58 Å². The molecule has 0 atom stereocenters. The molecule has 5 nitrogen and oxygen atoms in total. The van der Waals surface area contributed by atoms with Gasteiger partial charge in [0.05, 0.1) is 18.1 Å². The molecule has 0 radical (unpaired) electrons. The fourth-order valence-corrected chi connectivity index (χ4v) is 2.99. The number of hydrogen-bond acceptors (Lipinski definition) is 4. The summed E-state index contributed by atoms with van der Waals surface area (Å²) in [5.41, 5.74) is 0.527. The van der Waals surface area contributed by atoms with Crippen LogP contribution in [-0.4, -0.2) is 42.6 Å². The molecule has 0 spiro atoms. The first-order chi connectivity index (χ1) is 8.56. The number of benzene rings is 1. The molecule has 0 aliphatic rings. The van der Waals surface area contributed by atoms with Gasteiger partial charge in [0.15, 0.2) is 0 Å². The van der Waals surface area contributed by atoms with Crippen LogP contribution in [0, 0.1) is 0 Å². The van der Waals surface area contributed by atoms with Crippen molar-refractivity contribution in [2.45, 2.75) is 11.5 Å². The lowest BCUT2D eigenvalue weighted by molar-refractivity contribution is 0.260. The molecular formula is C12H17NO4S. The average molecular weight is 271 g/mol. The summed E-state index contributed by atoms with van der Waals surface area (Å²) in [6.07, 6.45) is 1.46. The lowest BCUT2D eigenvalue weighted by Gasteiger charge is -2.19. The van der Waals surface area contributed by atoms with Crippen LogP contribution in [0.2, 0.25) is 0 Å². The van der Waals surface area contributed by atoms with E-state index in [1.54, 1.807) is 12.1 Å². The lowest BCUT2D eigenvalue weighted by atomic mass is 10.2. The number of hydrogen-bond donors (Lipinski definition) is 2. The van der Waals surface area contributed by atoms with Crippen LogP contribution in [0.3, 0.4) is 0 Å². The number of aliphatic hydroxyl groups excluding tert-OH is 2. The second-order valence-electron chi connectivity index (χ2n) is 3.68. The van der Waals surface area contributed by atoms with Gasteiger partial charge in [-0.3, -0.25) is 0 Å². The summed E-state index contributed by atoms with van der Waals surface area (Å²) in [6.45, 7) is 3.16. The molecular weight excluding hydrogens is 254 g/mol. The summed E-state index contributed by atoms with van der Waals surface area (Å²) < 4.78 is 25.7. The molecule has 1 aromatic rings. The van der Waals surface area contributed by atoms with Gasteiger partial charge >= 0.3 is 0 Å². The Morgan fingerprint density at radius 3 is 2.61 bits per heavy atom. The average Bonchev–Trinajstić information content (AvgIpc) is 2.38. The van der Waals surface area contributed by atoms with Crippen molar-refractivity contribution < 1.29 is 18.6 Å². The summed E-state index contributed by atoms with van der Waals surface area (Å²) in [6, 6.07) is 6.09. The highest BCUT2D eigenvalue weighted by atomic mass is 32.2. The van der Waals surface area contributed by atoms with Gasteiger partial charge in [-0.05, 0) is 17.7 Å². The normalized spacial score (nSPS) is 11.7. The van der Waals surface area contributed by atoms with E-state index in [-0.39, 0.29) is 31.2 Å². The van der Waals surface area contributed by atoms with Crippen molar-refractivity contribution in [2.75, 3.05) is 19.7 Å². The molecule has 0 aromatic heterocycles. The van der Waals surface area contributed by atoms with Gasteiger partial charge in [0.2, 0.25) is 10.0 Å². The summed E-state index contributed by atoms with van der Waals surface area (Å²) in [4.78, 5) is 0.101. The van der Waals surface area contributed by atoms with Gasteiger partial charge < -0.3 is 10.2 Å². The summed E-state index contributed by atoms with van der Waals surface area (Å²) in [5.74, 6) is 0. The van der Waals surface area contributed by atoms with Crippen molar-refractivity contribution in [1.29, 1.82) is 0 Å². The van der Waals surface area contributed by atoms with Gasteiger partial charge in [-0.2, -0.15) is 4.31 Å². The molecule has 0 aliphatic heterocycles. The molecule has 1 rings (SSSR count). The van der Waals surface area contributed by atoms with Crippen LogP contribution < -0.4 is 0 Å². The van der Waals surface area contributed by atoms with E-state index in [0.717, 1.165) is 4.31 Å². The smallest absolute Gasteiger partial charge is 0.243 e. The van der Waals surface area contributed by atoms with Crippen molar-refractivity contribution in [1.82, 2.24) is 4.31 Å². The molecule has 0 fully saturated rings. The van der Waals surface area contributed by atoms with Crippen LogP contribution in [-0.2, 0) is 16.6 Å². The van der Waals surface area contributed by atoms with Crippen molar-refractivity contribution in [3.63, 3.8) is 0 Å². The highest BCUT2D eigenvalue weighted by Crippen LogP contribution is 2.17. The third kappa shape index (κ3) is 3.39. The Balaban J connectivity index is 3.12. The summed E-state index contributed by atoms with van der Waals surface area (Å²) in [7, 11) is -3.67.